The lowest BCUT2D eigenvalue weighted by Crippen LogP contribution is -2.15. The van der Waals surface area contributed by atoms with Crippen molar-refractivity contribution in [2.24, 2.45) is 0 Å². The third-order valence-corrected chi connectivity index (χ3v) is 2.03. The molecule has 1 heterocycles. The molecule has 1 aliphatic rings. The van der Waals surface area contributed by atoms with Gasteiger partial charge in [0, 0.05) is 25.4 Å². The van der Waals surface area contributed by atoms with Crippen LogP contribution in [-0.2, 0) is 6.54 Å². The van der Waals surface area contributed by atoms with Crippen LogP contribution in [0.15, 0.2) is 30.5 Å². The van der Waals surface area contributed by atoms with Gasteiger partial charge in [0.25, 0.3) is 0 Å². The summed E-state index contributed by atoms with van der Waals surface area (Å²) < 4.78 is 13.2. The van der Waals surface area contributed by atoms with Crippen molar-refractivity contribution >= 4 is 5.83 Å². The van der Waals surface area contributed by atoms with Crippen molar-refractivity contribution in [1.29, 1.82) is 0 Å². The maximum absolute atomic E-state index is 13.2. The highest BCUT2D eigenvalue weighted by Gasteiger charge is 2.13. The van der Waals surface area contributed by atoms with E-state index in [0.29, 0.717) is 0 Å². The first kappa shape index (κ1) is 7.35. The van der Waals surface area contributed by atoms with Crippen molar-refractivity contribution in [1.82, 2.24) is 4.90 Å². The van der Waals surface area contributed by atoms with Crippen molar-refractivity contribution in [3.05, 3.63) is 41.6 Å². The summed E-state index contributed by atoms with van der Waals surface area (Å²) in [4.78, 5) is 1.84. The molecule has 0 bridgehead atoms. The monoisotopic (exact) mass is 163 g/mol. The highest BCUT2D eigenvalue weighted by atomic mass is 19.1. The second-order valence-corrected chi connectivity index (χ2v) is 3.05. The predicted octanol–water partition coefficient (Wildman–Crippen LogP) is 2.40. The van der Waals surface area contributed by atoms with E-state index in [2.05, 4.69) is 0 Å². The molecule has 0 atom stereocenters. The van der Waals surface area contributed by atoms with E-state index < -0.39 is 0 Å². The van der Waals surface area contributed by atoms with Crippen molar-refractivity contribution in [3.63, 3.8) is 0 Å². The molecule has 2 heteroatoms. The van der Waals surface area contributed by atoms with Crippen LogP contribution < -0.4 is 0 Å². The molecular weight excluding hydrogens is 153 g/mol. The second-order valence-electron chi connectivity index (χ2n) is 3.05. The largest absolute Gasteiger partial charge is 0.374 e. The molecule has 1 aliphatic heterocycles. The molecule has 0 N–H and O–H groups in total. The van der Waals surface area contributed by atoms with Gasteiger partial charge < -0.3 is 4.90 Å². The second kappa shape index (κ2) is 2.63. The Morgan fingerprint density at radius 2 is 2.08 bits per heavy atom. The van der Waals surface area contributed by atoms with Crippen LogP contribution in [0, 0.1) is 0 Å². The van der Waals surface area contributed by atoms with E-state index in [4.69, 9.17) is 0 Å². The Bertz CT molecular complexity index is 330. The van der Waals surface area contributed by atoms with E-state index in [-0.39, 0.29) is 5.83 Å². The summed E-state index contributed by atoms with van der Waals surface area (Å²) >= 11 is 0. The van der Waals surface area contributed by atoms with Gasteiger partial charge in [-0.3, -0.25) is 0 Å². The lowest BCUT2D eigenvalue weighted by molar-refractivity contribution is 0.435. The van der Waals surface area contributed by atoms with E-state index in [1.807, 2.05) is 36.2 Å². The summed E-state index contributed by atoms with van der Waals surface area (Å²) in [6.07, 6.45) is 1.53. The van der Waals surface area contributed by atoms with Crippen molar-refractivity contribution < 1.29 is 4.39 Å². The molecule has 0 saturated carbocycles. The lowest BCUT2D eigenvalue weighted by atomic mass is 10.0. The van der Waals surface area contributed by atoms with Gasteiger partial charge in [0.2, 0.25) is 0 Å². The summed E-state index contributed by atoms with van der Waals surface area (Å²) in [5.41, 5.74) is 1.79. The Morgan fingerprint density at radius 1 is 1.33 bits per heavy atom. The fourth-order valence-corrected chi connectivity index (χ4v) is 1.47. The first-order chi connectivity index (χ1) is 5.77. The molecule has 0 spiro atoms. The van der Waals surface area contributed by atoms with E-state index in [1.165, 1.54) is 6.20 Å². The zero-order valence-corrected chi connectivity index (χ0v) is 6.92. The first-order valence-electron chi connectivity index (χ1n) is 3.93. The number of hydrogen-bond acceptors (Lipinski definition) is 1. The van der Waals surface area contributed by atoms with Gasteiger partial charge in [0.15, 0.2) is 0 Å². The first-order valence-corrected chi connectivity index (χ1v) is 3.93. The highest BCUT2D eigenvalue weighted by Crippen LogP contribution is 2.25. The molecule has 0 amide bonds. The van der Waals surface area contributed by atoms with Gasteiger partial charge in [-0.15, -0.1) is 0 Å². The quantitative estimate of drug-likeness (QED) is 0.567. The fourth-order valence-electron chi connectivity index (χ4n) is 1.47. The molecule has 2 rings (SSSR count). The van der Waals surface area contributed by atoms with Gasteiger partial charge in [0.05, 0.1) is 0 Å². The van der Waals surface area contributed by atoms with Crippen molar-refractivity contribution in [3.8, 4) is 0 Å². The minimum Gasteiger partial charge on any atom is -0.374 e. The van der Waals surface area contributed by atoms with Crippen LogP contribution in [0.3, 0.4) is 0 Å². The molecule has 1 aromatic carbocycles. The van der Waals surface area contributed by atoms with Crippen LogP contribution in [0.25, 0.3) is 5.83 Å². The van der Waals surface area contributed by atoms with Gasteiger partial charge in [-0.1, -0.05) is 24.3 Å². The third kappa shape index (κ3) is 1.09. The van der Waals surface area contributed by atoms with Crippen LogP contribution in [0.5, 0.6) is 0 Å². The van der Waals surface area contributed by atoms with Crippen LogP contribution in [0.4, 0.5) is 4.39 Å². The molecule has 0 aromatic heterocycles. The highest BCUT2D eigenvalue weighted by molar-refractivity contribution is 5.63. The van der Waals surface area contributed by atoms with Gasteiger partial charge in [-0.2, -0.15) is 0 Å². The zero-order chi connectivity index (χ0) is 8.55. The van der Waals surface area contributed by atoms with Crippen LogP contribution >= 0.6 is 0 Å². The number of hydrogen-bond donors (Lipinski definition) is 0. The molecule has 0 unspecified atom stereocenters. The van der Waals surface area contributed by atoms with Crippen molar-refractivity contribution in [2.45, 2.75) is 6.54 Å². The standard InChI is InChI=1S/C10H10FN/c1-12-6-8-4-2-3-5-9(8)10(11)7-12/h2-5,7H,6H2,1H3. The number of fused-ring (bicyclic) bond motifs is 1. The smallest absolute Gasteiger partial charge is 0.146 e. The maximum atomic E-state index is 13.2. The predicted molar refractivity (Wildman–Crippen MR) is 47.0 cm³/mol. The Labute approximate surface area is 71.1 Å². The minimum absolute atomic E-state index is 0.139. The summed E-state index contributed by atoms with van der Waals surface area (Å²) in [5, 5.41) is 0. The molecule has 1 aromatic rings. The fraction of sp³-hybridized carbons (Fsp3) is 0.200. The summed E-state index contributed by atoms with van der Waals surface area (Å²) in [7, 11) is 1.87. The van der Waals surface area contributed by atoms with Crippen LogP contribution in [-0.4, -0.2) is 11.9 Å². The van der Waals surface area contributed by atoms with Crippen molar-refractivity contribution in [2.75, 3.05) is 7.05 Å². The summed E-state index contributed by atoms with van der Waals surface area (Å²) in [6.45, 7) is 0.795. The molecule has 62 valence electrons. The van der Waals surface area contributed by atoms with E-state index in [1.54, 1.807) is 0 Å². The summed E-state index contributed by atoms with van der Waals surface area (Å²) in [6, 6.07) is 7.56. The molecule has 0 saturated heterocycles. The van der Waals surface area contributed by atoms with Crippen LogP contribution in [0.2, 0.25) is 0 Å². The molecule has 0 aliphatic carbocycles. The Hall–Kier alpha value is -1.31. The van der Waals surface area contributed by atoms with Gasteiger partial charge in [-0.25, -0.2) is 4.39 Å². The molecule has 0 fully saturated rings. The maximum Gasteiger partial charge on any atom is 0.146 e. The molecule has 0 radical (unpaired) electrons. The Morgan fingerprint density at radius 3 is 2.92 bits per heavy atom. The van der Waals surface area contributed by atoms with E-state index in [0.717, 1.165) is 17.7 Å². The van der Waals surface area contributed by atoms with E-state index >= 15 is 0 Å². The van der Waals surface area contributed by atoms with Gasteiger partial charge in [-0.05, 0) is 5.56 Å². The average Bonchev–Trinajstić information content (AvgIpc) is 2.04. The average molecular weight is 163 g/mol. The Kier molecular flexibility index (Phi) is 1.61. The Balaban J connectivity index is 2.53. The van der Waals surface area contributed by atoms with E-state index in [9.17, 15) is 4.39 Å². The zero-order valence-electron chi connectivity index (χ0n) is 6.92. The normalized spacial score (nSPS) is 15.5. The van der Waals surface area contributed by atoms with Gasteiger partial charge >= 0.3 is 0 Å². The summed E-state index contributed by atoms with van der Waals surface area (Å²) in [5.74, 6) is -0.139. The third-order valence-electron chi connectivity index (χ3n) is 2.03. The van der Waals surface area contributed by atoms with Crippen LogP contribution in [0.1, 0.15) is 11.1 Å². The molecule has 12 heavy (non-hydrogen) atoms. The van der Waals surface area contributed by atoms with Gasteiger partial charge in [0.1, 0.15) is 5.83 Å². The lowest BCUT2D eigenvalue weighted by Gasteiger charge is -2.21. The number of nitrogens with zero attached hydrogens (tertiary/aromatic N) is 1. The SMILES string of the molecule is CN1C=C(F)c2ccccc2C1. The molecular formula is C10H10FN. The topological polar surface area (TPSA) is 3.24 Å². The number of rotatable bonds is 0. The number of benzene rings is 1. The number of halogens is 1. The molecule has 1 nitrogen and oxygen atoms in total. The minimum atomic E-state index is -0.139.